The van der Waals surface area contributed by atoms with Crippen LogP contribution >= 0.6 is 0 Å². The highest BCUT2D eigenvalue weighted by Crippen LogP contribution is 2.54. The van der Waals surface area contributed by atoms with Crippen molar-refractivity contribution >= 4 is 23.7 Å². The van der Waals surface area contributed by atoms with Gasteiger partial charge in [-0.1, -0.05) is 50.8 Å². The van der Waals surface area contributed by atoms with Gasteiger partial charge in [-0.15, -0.1) is 6.58 Å². The van der Waals surface area contributed by atoms with Crippen molar-refractivity contribution in [3.8, 4) is 0 Å². The molecule has 2 atom stereocenters. The average molecular weight is 445 g/mol. The normalized spacial score (nSPS) is 18.3. The number of carbonyl (C=O) groups excluding carboxylic acids is 3. The van der Waals surface area contributed by atoms with Gasteiger partial charge in [0, 0.05) is 12.0 Å². The summed E-state index contributed by atoms with van der Waals surface area (Å²) < 4.78 is 10.1. The summed E-state index contributed by atoms with van der Waals surface area (Å²) in [6.07, 6.45) is 1.27. The van der Waals surface area contributed by atoms with Gasteiger partial charge in [0.15, 0.2) is 0 Å². The van der Waals surface area contributed by atoms with E-state index in [1.807, 2.05) is 32.0 Å². The number of allylic oxidation sites excluding steroid dienone is 1. The number of hydrogen-bond acceptors (Lipinski definition) is 6. The number of esters is 1. The van der Waals surface area contributed by atoms with E-state index in [9.17, 15) is 19.5 Å². The SMILES string of the molecule is C=CCOC(=O)N1C[C@](CC(O)C(=O)NCC(=O)OCC)(C(C)(C)C=C)c2ccccc21. The van der Waals surface area contributed by atoms with Gasteiger partial charge in [-0.3, -0.25) is 14.5 Å². The summed E-state index contributed by atoms with van der Waals surface area (Å²) in [5.41, 5.74) is 0.00591. The van der Waals surface area contributed by atoms with Crippen LogP contribution in [0.3, 0.4) is 0 Å². The van der Waals surface area contributed by atoms with Gasteiger partial charge in [-0.25, -0.2) is 4.79 Å². The third-order valence-corrected chi connectivity index (χ3v) is 5.98. The van der Waals surface area contributed by atoms with E-state index in [0.29, 0.717) is 5.69 Å². The average Bonchev–Trinajstić information content (AvgIpc) is 3.12. The number of benzene rings is 1. The Labute approximate surface area is 188 Å². The zero-order valence-electron chi connectivity index (χ0n) is 18.9. The molecule has 0 aliphatic carbocycles. The monoisotopic (exact) mass is 444 g/mol. The molecule has 0 spiro atoms. The molecule has 0 aromatic heterocycles. The van der Waals surface area contributed by atoms with Crippen LogP contribution in [0.25, 0.3) is 0 Å². The molecule has 2 amide bonds. The molecule has 32 heavy (non-hydrogen) atoms. The molecular formula is C24H32N2O6. The summed E-state index contributed by atoms with van der Waals surface area (Å²) >= 11 is 0. The number of ether oxygens (including phenoxy) is 2. The molecule has 0 fully saturated rings. The molecule has 0 radical (unpaired) electrons. The Bertz CT molecular complexity index is 881. The molecule has 1 aliphatic heterocycles. The summed E-state index contributed by atoms with van der Waals surface area (Å²) in [7, 11) is 0. The Morgan fingerprint density at radius 1 is 1.28 bits per heavy atom. The molecule has 1 unspecified atom stereocenters. The van der Waals surface area contributed by atoms with E-state index in [-0.39, 0.29) is 32.7 Å². The lowest BCUT2D eigenvalue weighted by Crippen LogP contribution is -2.50. The van der Waals surface area contributed by atoms with E-state index < -0.39 is 34.9 Å². The van der Waals surface area contributed by atoms with Crippen LogP contribution in [0.2, 0.25) is 0 Å². The largest absolute Gasteiger partial charge is 0.465 e. The minimum Gasteiger partial charge on any atom is -0.465 e. The Morgan fingerprint density at radius 3 is 2.59 bits per heavy atom. The summed E-state index contributed by atoms with van der Waals surface area (Å²) in [6, 6.07) is 7.34. The summed E-state index contributed by atoms with van der Waals surface area (Å²) in [4.78, 5) is 38.4. The molecule has 0 bridgehead atoms. The van der Waals surface area contributed by atoms with Crippen molar-refractivity contribution in [3.05, 3.63) is 55.1 Å². The van der Waals surface area contributed by atoms with Gasteiger partial charge in [0.1, 0.15) is 19.3 Å². The number of amides is 2. The number of nitrogens with zero attached hydrogens (tertiary/aromatic N) is 1. The smallest absolute Gasteiger partial charge is 0.414 e. The first-order chi connectivity index (χ1) is 15.1. The zero-order valence-corrected chi connectivity index (χ0v) is 18.9. The Hall–Kier alpha value is -3.13. The quantitative estimate of drug-likeness (QED) is 0.425. The van der Waals surface area contributed by atoms with Crippen molar-refractivity contribution in [1.82, 2.24) is 5.32 Å². The molecule has 174 valence electrons. The first-order valence-electron chi connectivity index (χ1n) is 10.5. The highest BCUT2D eigenvalue weighted by Gasteiger charge is 2.54. The Morgan fingerprint density at radius 2 is 1.97 bits per heavy atom. The predicted molar refractivity (Wildman–Crippen MR) is 121 cm³/mol. The third kappa shape index (κ3) is 5.02. The zero-order chi connectivity index (χ0) is 23.9. The van der Waals surface area contributed by atoms with Crippen molar-refractivity contribution < 1.29 is 29.0 Å². The maximum Gasteiger partial charge on any atom is 0.414 e. The first-order valence-corrected chi connectivity index (χ1v) is 10.5. The number of para-hydroxylation sites is 1. The van der Waals surface area contributed by atoms with Gasteiger partial charge in [0.2, 0.25) is 5.91 Å². The Balaban J connectivity index is 2.38. The second kappa shape index (κ2) is 10.5. The summed E-state index contributed by atoms with van der Waals surface area (Å²) in [5, 5.41) is 13.2. The van der Waals surface area contributed by atoms with Crippen molar-refractivity contribution in [2.45, 2.75) is 38.7 Å². The Kier molecular flexibility index (Phi) is 8.21. The van der Waals surface area contributed by atoms with Crippen LogP contribution in [0.15, 0.2) is 49.6 Å². The molecule has 0 saturated carbocycles. The number of nitrogens with one attached hydrogen (secondary N) is 1. The number of aliphatic hydroxyl groups is 1. The number of rotatable bonds is 10. The lowest BCUT2D eigenvalue weighted by molar-refractivity contribution is -0.144. The van der Waals surface area contributed by atoms with Crippen molar-refractivity contribution in [3.63, 3.8) is 0 Å². The number of anilines is 1. The lowest BCUT2D eigenvalue weighted by atomic mass is 9.60. The second-order valence-corrected chi connectivity index (χ2v) is 8.22. The van der Waals surface area contributed by atoms with Crippen molar-refractivity contribution in [1.29, 1.82) is 0 Å². The third-order valence-electron chi connectivity index (χ3n) is 5.98. The molecule has 1 aliphatic rings. The van der Waals surface area contributed by atoms with Gasteiger partial charge in [0.25, 0.3) is 0 Å². The maximum atomic E-state index is 12.8. The van der Waals surface area contributed by atoms with Crippen molar-refractivity contribution in [2.75, 3.05) is 31.2 Å². The van der Waals surface area contributed by atoms with Gasteiger partial charge in [-0.2, -0.15) is 0 Å². The fourth-order valence-electron chi connectivity index (χ4n) is 4.02. The molecule has 2 N–H and O–H groups in total. The van der Waals surface area contributed by atoms with Crippen LogP contribution in [0.4, 0.5) is 10.5 Å². The highest BCUT2D eigenvalue weighted by molar-refractivity contribution is 5.92. The number of hydrogen-bond donors (Lipinski definition) is 2. The number of carbonyl (C=O) groups is 3. The van der Waals surface area contributed by atoms with Gasteiger partial charge in [0.05, 0.1) is 12.3 Å². The molecular weight excluding hydrogens is 412 g/mol. The minimum absolute atomic E-state index is 0.00291. The second-order valence-electron chi connectivity index (χ2n) is 8.22. The van der Waals surface area contributed by atoms with Gasteiger partial charge >= 0.3 is 12.1 Å². The van der Waals surface area contributed by atoms with E-state index in [4.69, 9.17) is 9.47 Å². The van der Waals surface area contributed by atoms with Gasteiger partial charge < -0.3 is 19.9 Å². The van der Waals surface area contributed by atoms with Gasteiger partial charge in [-0.05, 0) is 30.4 Å². The van der Waals surface area contributed by atoms with Crippen LogP contribution in [0.1, 0.15) is 32.8 Å². The van der Waals surface area contributed by atoms with Crippen LogP contribution in [-0.4, -0.2) is 55.5 Å². The predicted octanol–water partition coefficient (Wildman–Crippen LogP) is 2.71. The summed E-state index contributed by atoms with van der Waals surface area (Å²) in [5.74, 6) is -1.28. The molecule has 8 heteroatoms. The van der Waals surface area contributed by atoms with Crippen LogP contribution in [0.5, 0.6) is 0 Å². The topological polar surface area (TPSA) is 105 Å². The molecule has 1 aromatic carbocycles. The van der Waals surface area contributed by atoms with E-state index in [2.05, 4.69) is 18.5 Å². The molecule has 2 rings (SSSR count). The van der Waals surface area contributed by atoms with Crippen LogP contribution < -0.4 is 10.2 Å². The number of aliphatic hydroxyl groups excluding tert-OH is 1. The summed E-state index contributed by atoms with van der Waals surface area (Å²) in [6.45, 7) is 13.2. The molecule has 1 heterocycles. The van der Waals surface area contributed by atoms with E-state index in [0.717, 1.165) is 5.56 Å². The van der Waals surface area contributed by atoms with E-state index in [1.54, 1.807) is 19.1 Å². The minimum atomic E-state index is -1.43. The maximum absolute atomic E-state index is 12.8. The highest BCUT2D eigenvalue weighted by atomic mass is 16.6. The first kappa shape index (κ1) is 25.1. The molecule has 1 aromatic rings. The van der Waals surface area contributed by atoms with Crippen LogP contribution in [0, 0.1) is 5.41 Å². The van der Waals surface area contributed by atoms with E-state index in [1.165, 1.54) is 11.0 Å². The number of fused-ring (bicyclic) bond motifs is 1. The molecule has 8 nitrogen and oxygen atoms in total. The molecule has 0 saturated heterocycles. The standard InChI is InChI=1S/C24H32N2O6/c1-6-13-32-22(30)26-16-24(23(4,5)7-2,17-11-9-10-12-18(17)26)14-19(27)21(29)25-15-20(28)31-8-3/h6-7,9-12,19,27H,1-2,8,13-16H2,3-5H3,(H,25,29)/t19?,24-/m0/s1. The fraction of sp³-hybridized carbons (Fsp3) is 0.458. The van der Waals surface area contributed by atoms with Crippen molar-refractivity contribution in [2.24, 2.45) is 5.41 Å². The van der Waals surface area contributed by atoms with E-state index >= 15 is 0 Å². The van der Waals surface area contributed by atoms with Crippen LogP contribution in [-0.2, 0) is 24.5 Å². The fourth-order valence-corrected chi connectivity index (χ4v) is 4.02. The lowest BCUT2D eigenvalue weighted by Gasteiger charge is -2.44.